The van der Waals surface area contributed by atoms with Gasteiger partial charge in [-0.1, -0.05) is 19.3 Å². The third kappa shape index (κ3) is 5.39. The molecule has 2 N–H and O–H groups in total. The SMILES string of the molecule is NC(=NCCOCC(F)F)C1CCCCC1. The number of nitrogens with zero attached hydrogens (tertiary/aromatic N) is 1. The summed E-state index contributed by atoms with van der Waals surface area (Å²) in [6, 6.07) is 0. The average molecular weight is 234 g/mol. The maximum atomic E-state index is 11.7. The number of aliphatic imine (C=N–C) groups is 1. The monoisotopic (exact) mass is 234 g/mol. The zero-order valence-electron chi connectivity index (χ0n) is 9.50. The van der Waals surface area contributed by atoms with Crippen LogP contribution in [0.3, 0.4) is 0 Å². The van der Waals surface area contributed by atoms with Crippen LogP contribution in [0.4, 0.5) is 8.78 Å². The molecular weight excluding hydrogens is 214 g/mol. The molecule has 0 heterocycles. The summed E-state index contributed by atoms with van der Waals surface area (Å²) < 4.78 is 28.2. The third-order valence-electron chi connectivity index (χ3n) is 2.80. The fourth-order valence-corrected chi connectivity index (χ4v) is 1.94. The Hall–Kier alpha value is -0.710. The van der Waals surface area contributed by atoms with Crippen LogP contribution < -0.4 is 5.73 Å². The molecular formula is C11H20F2N2O. The Labute approximate surface area is 95.1 Å². The molecule has 5 heteroatoms. The van der Waals surface area contributed by atoms with Gasteiger partial charge in [0.05, 0.1) is 19.0 Å². The topological polar surface area (TPSA) is 47.6 Å². The Morgan fingerprint density at radius 1 is 1.31 bits per heavy atom. The summed E-state index contributed by atoms with van der Waals surface area (Å²) in [5.74, 6) is 1.06. The van der Waals surface area contributed by atoms with Gasteiger partial charge in [0.1, 0.15) is 6.61 Å². The van der Waals surface area contributed by atoms with Gasteiger partial charge in [0.15, 0.2) is 0 Å². The molecule has 0 saturated heterocycles. The molecule has 0 spiro atoms. The molecule has 0 bridgehead atoms. The standard InChI is InChI=1S/C11H20F2N2O/c12-10(13)8-16-7-6-15-11(14)9-4-2-1-3-5-9/h9-10H,1-8H2,(H2,14,15). The quantitative estimate of drug-likeness (QED) is 0.435. The molecule has 1 aliphatic carbocycles. The summed E-state index contributed by atoms with van der Waals surface area (Å²) in [7, 11) is 0. The van der Waals surface area contributed by atoms with Crippen molar-refractivity contribution in [2.75, 3.05) is 19.8 Å². The first-order chi connectivity index (χ1) is 7.70. The van der Waals surface area contributed by atoms with Gasteiger partial charge in [-0.05, 0) is 12.8 Å². The Bertz CT molecular complexity index is 216. The Kier molecular flexibility index (Phi) is 6.30. The number of hydrogen-bond donors (Lipinski definition) is 1. The van der Waals surface area contributed by atoms with E-state index in [0.717, 1.165) is 12.8 Å². The fraction of sp³-hybridized carbons (Fsp3) is 0.909. The molecule has 0 aromatic heterocycles. The van der Waals surface area contributed by atoms with E-state index in [-0.39, 0.29) is 6.61 Å². The zero-order valence-corrected chi connectivity index (χ0v) is 9.50. The van der Waals surface area contributed by atoms with E-state index in [1.165, 1.54) is 19.3 Å². The van der Waals surface area contributed by atoms with Crippen molar-refractivity contribution in [2.45, 2.75) is 38.5 Å². The van der Waals surface area contributed by atoms with Crippen molar-refractivity contribution >= 4 is 5.84 Å². The number of hydrogen-bond acceptors (Lipinski definition) is 2. The number of alkyl halides is 2. The highest BCUT2D eigenvalue weighted by Crippen LogP contribution is 2.23. The van der Waals surface area contributed by atoms with Gasteiger partial charge in [0.25, 0.3) is 6.43 Å². The van der Waals surface area contributed by atoms with Crippen molar-refractivity contribution < 1.29 is 13.5 Å². The van der Waals surface area contributed by atoms with Crippen molar-refractivity contribution in [1.29, 1.82) is 0 Å². The van der Waals surface area contributed by atoms with Gasteiger partial charge >= 0.3 is 0 Å². The van der Waals surface area contributed by atoms with Crippen LogP contribution in [0.25, 0.3) is 0 Å². The highest BCUT2D eigenvalue weighted by atomic mass is 19.3. The first-order valence-corrected chi connectivity index (χ1v) is 5.86. The van der Waals surface area contributed by atoms with E-state index in [1.54, 1.807) is 0 Å². The van der Waals surface area contributed by atoms with Crippen molar-refractivity contribution in [2.24, 2.45) is 16.6 Å². The Morgan fingerprint density at radius 2 is 2.00 bits per heavy atom. The molecule has 1 saturated carbocycles. The number of amidine groups is 1. The maximum Gasteiger partial charge on any atom is 0.261 e. The first-order valence-electron chi connectivity index (χ1n) is 5.86. The van der Waals surface area contributed by atoms with E-state index in [9.17, 15) is 8.78 Å². The largest absolute Gasteiger partial charge is 0.387 e. The molecule has 0 aromatic carbocycles. The second-order valence-electron chi connectivity index (χ2n) is 4.11. The second-order valence-corrected chi connectivity index (χ2v) is 4.11. The molecule has 16 heavy (non-hydrogen) atoms. The van der Waals surface area contributed by atoms with Gasteiger partial charge in [-0.3, -0.25) is 4.99 Å². The predicted octanol–water partition coefficient (Wildman–Crippen LogP) is 2.21. The molecule has 1 fully saturated rings. The van der Waals surface area contributed by atoms with Crippen LogP contribution >= 0.6 is 0 Å². The first kappa shape index (κ1) is 13.4. The molecule has 0 aromatic rings. The molecule has 0 unspecified atom stereocenters. The van der Waals surface area contributed by atoms with Gasteiger partial charge in [-0.2, -0.15) is 0 Å². The molecule has 1 aliphatic rings. The van der Waals surface area contributed by atoms with Crippen LogP contribution in [0.5, 0.6) is 0 Å². The van der Waals surface area contributed by atoms with Crippen molar-refractivity contribution in [1.82, 2.24) is 0 Å². The average Bonchev–Trinajstić information content (AvgIpc) is 2.29. The minimum atomic E-state index is -2.40. The molecule has 1 rings (SSSR count). The summed E-state index contributed by atoms with van der Waals surface area (Å²) in [5.41, 5.74) is 5.84. The highest BCUT2D eigenvalue weighted by molar-refractivity contribution is 5.82. The lowest BCUT2D eigenvalue weighted by Gasteiger charge is -2.20. The van der Waals surface area contributed by atoms with E-state index < -0.39 is 13.0 Å². The van der Waals surface area contributed by atoms with Crippen molar-refractivity contribution in [3.8, 4) is 0 Å². The Balaban J connectivity index is 2.12. The molecule has 3 nitrogen and oxygen atoms in total. The van der Waals surface area contributed by atoms with Crippen LogP contribution in [-0.2, 0) is 4.74 Å². The summed E-state index contributed by atoms with van der Waals surface area (Å²) in [6.07, 6.45) is 3.51. The van der Waals surface area contributed by atoms with E-state index in [4.69, 9.17) is 10.5 Å². The lowest BCUT2D eigenvalue weighted by Crippen LogP contribution is -2.26. The normalized spacial score (nSPS) is 19.3. The van der Waals surface area contributed by atoms with E-state index in [2.05, 4.69) is 4.99 Å². The van der Waals surface area contributed by atoms with Crippen LogP contribution in [0.2, 0.25) is 0 Å². The minimum Gasteiger partial charge on any atom is -0.387 e. The van der Waals surface area contributed by atoms with Crippen molar-refractivity contribution in [3.63, 3.8) is 0 Å². The number of ether oxygens (including phenoxy) is 1. The highest BCUT2D eigenvalue weighted by Gasteiger charge is 2.16. The fourth-order valence-electron chi connectivity index (χ4n) is 1.94. The lowest BCUT2D eigenvalue weighted by molar-refractivity contribution is 0.0207. The van der Waals surface area contributed by atoms with E-state index in [0.29, 0.717) is 18.3 Å². The van der Waals surface area contributed by atoms with Gasteiger partial charge in [-0.15, -0.1) is 0 Å². The minimum absolute atomic E-state index is 0.220. The summed E-state index contributed by atoms with van der Waals surface area (Å²) in [4.78, 5) is 4.17. The number of rotatable bonds is 6. The lowest BCUT2D eigenvalue weighted by atomic mass is 9.88. The predicted molar refractivity (Wildman–Crippen MR) is 59.9 cm³/mol. The molecule has 0 aliphatic heterocycles. The summed E-state index contributed by atoms with van der Waals surface area (Å²) in [5, 5.41) is 0. The van der Waals surface area contributed by atoms with Crippen LogP contribution in [0, 0.1) is 5.92 Å². The smallest absolute Gasteiger partial charge is 0.261 e. The van der Waals surface area contributed by atoms with E-state index >= 15 is 0 Å². The molecule has 0 atom stereocenters. The van der Waals surface area contributed by atoms with Gasteiger partial charge in [-0.25, -0.2) is 8.78 Å². The van der Waals surface area contributed by atoms with Crippen LogP contribution in [-0.4, -0.2) is 32.0 Å². The number of nitrogens with two attached hydrogens (primary N) is 1. The van der Waals surface area contributed by atoms with E-state index in [1.807, 2.05) is 0 Å². The molecule has 94 valence electrons. The maximum absolute atomic E-state index is 11.7. The van der Waals surface area contributed by atoms with Crippen LogP contribution in [0.1, 0.15) is 32.1 Å². The van der Waals surface area contributed by atoms with Crippen LogP contribution in [0.15, 0.2) is 4.99 Å². The zero-order chi connectivity index (χ0) is 11.8. The third-order valence-corrected chi connectivity index (χ3v) is 2.80. The second kappa shape index (κ2) is 7.54. The summed E-state index contributed by atoms with van der Waals surface area (Å²) >= 11 is 0. The van der Waals surface area contributed by atoms with Crippen molar-refractivity contribution in [3.05, 3.63) is 0 Å². The number of halogens is 2. The van der Waals surface area contributed by atoms with Gasteiger partial charge < -0.3 is 10.5 Å². The summed E-state index contributed by atoms with van der Waals surface area (Å²) in [6.45, 7) is 0.0890. The van der Waals surface area contributed by atoms with Gasteiger partial charge in [0.2, 0.25) is 0 Å². The molecule has 0 radical (unpaired) electrons. The van der Waals surface area contributed by atoms with Gasteiger partial charge in [0, 0.05) is 5.92 Å². The Morgan fingerprint density at radius 3 is 2.62 bits per heavy atom. The molecule has 0 amide bonds.